The molecule has 2 amide bonds. The highest BCUT2D eigenvalue weighted by Crippen LogP contribution is 2.39. The first-order valence-electron chi connectivity index (χ1n) is 8.98. The molecule has 2 aliphatic heterocycles. The van der Waals surface area contributed by atoms with E-state index in [-0.39, 0.29) is 17.2 Å². The zero-order valence-electron chi connectivity index (χ0n) is 15.0. The van der Waals surface area contributed by atoms with E-state index in [1.165, 1.54) is 5.56 Å². The predicted molar refractivity (Wildman–Crippen MR) is 104 cm³/mol. The van der Waals surface area contributed by atoms with Crippen LogP contribution >= 0.6 is 23.1 Å². The maximum absolute atomic E-state index is 12.2. The summed E-state index contributed by atoms with van der Waals surface area (Å²) in [5, 5.41) is 4.39. The van der Waals surface area contributed by atoms with E-state index in [4.69, 9.17) is 0 Å². The van der Waals surface area contributed by atoms with Gasteiger partial charge < -0.3 is 9.80 Å². The molecule has 5 nitrogen and oxygen atoms in total. The molecule has 0 saturated carbocycles. The molecule has 25 heavy (non-hydrogen) atoms. The Morgan fingerprint density at radius 3 is 2.64 bits per heavy atom. The minimum atomic E-state index is 0.174. The van der Waals surface area contributed by atoms with Crippen LogP contribution in [0.15, 0.2) is 16.8 Å². The number of amides is 2. The molecule has 1 unspecified atom stereocenters. The lowest BCUT2D eigenvalue weighted by molar-refractivity contribution is -0.133. The summed E-state index contributed by atoms with van der Waals surface area (Å²) >= 11 is 3.41. The summed E-state index contributed by atoms with van der Waals surface area (Å²) in [6, 6.07) is 2.12. The van der Waals surface area contributed by atoms with E-state index in [2.05, 4.69) is 35.6 Å². The number of nitrogens with zero attached hydrogens (tertiary/aromatic N) is 3. The van der Waals surface area contributed by atoms with Crippen LogP contribution in [0.2, 0.25) is 0 Å². The summed E-state index contributed by atoms with van der Waals surface area (Å²) in [5.74, 6) is 1.52. The van der Waals surface area contributed by atoms with Crippen LogP contribution in [0, 0.1) is 5.92 Å². The monoisotopic (exact) mass is 381 g/mol. The molecule has 0 N–H and O–H groups in total. The van der Waals surface area contributed by atoms with Gasteiger partial charge in [-0.1, -0.05) is 13.8 Å². The second kappa shape index (κ2) is 8.56. The molecule has 1 atom stereocenters. The van der Waals surface area contributed by atoms with Gasteiger partial charge in [0, 0.05) is 45.7 Å². The number of rotatable bonds is 6. The molecule has 7 heteroatoms. The Morgan fingerprint density at radius 2 is 2.00 bits per heavy atom. The van der Waals surface area contributed by atoms with Crippen LogP contribution in [0.25, 0.3) is 0 Å². The average molecular weight is 382 g/mol. The maximum Gasteiger partial charge on any atom is 0.233 e. The number of thioether (sulfide) groups is 1. The maximum atomic E-state index is 12.2. The van der Waals surface area contributed by atoms with Gasteiger partial charge in [-0.15, -0.1) is 11.8 Å². The number of thiophene rings is 1. The van der Waals surface area contributed by atoms with Crippen molar-refractivity contribution in [2.24, 2.45) is 5.92 Å². The fourth-order valence-electron chi connectivity index (χ4n) is 3.34. The number of hydrogen-bond acceptors (Lipinski definition) is 5. The van der Waals surface area contributed by atoms with Crippen molar-refractivity contribution in [1.29, 1.82) is 0 Å². The average Bonchev–Trinajstić information content (AvgIpc) is 3.22. The molecule has 2 fully saturated rings. The summed E-state index contributed by atoms with van der Waals surface area (Å²) in [6.45, 7) is 9.26. The fourth-order valence-corrected chi connectivity index (χ4v) is 5.31. The van der Waals surface area contributed by atoms with Crippen LogP contribution < -0.4 is 0 Å². The lowest BCUT2D eigenvalue weighted by Gasteiger charge is -2.36. The second-order valence-corrected chi connectivity index (χ2v) is 8.98. The van der Waals surface area contributed by atoms with E-state index in [1.807, 2.05) is 9.80 Å². The smallest absolute Gasteiger partial charge is 0.233 e. The van der Waals surface area contributed by atoms with Gasteiger partial charge in [0.2, 0.25) is 11.8 Å². The highest BCUT2D eigenvalue weighted by molar-refractivity contribution is 8.00. The van der Waals surface area contributed by atoms with Crippen molar-refractivity contribution in [2.75, 3.05) is 45.0 Å². The Balaban J connectivity index is 1.46. The van der Waals surface area contributed by atoms with Crippen molar-refractivity contribution < 1.29 is 9.59 Å². The molecule has 3 heterocycles. The van der Waals surface area contributed by atoms with Gasteiger partial charge in [0.15, 0.2) is 0 Å². The molecule has 138 valence electrons. The predicted octanol–water partition coefficient (Wildman–Crippen LogP) is 2.51. The lowest BCUT2D eigenvalue weighted by atomic mass is 10.1. The molecule has 0 spiro atoms. The van der Waals surface area contributed by atoms with Crippen LogP contribution in [0.5, 0.6) is 0 Å². The fraction of sp³-hybridized carbons (Fsp3) is 0.667. The topological polar surface area (TPSA) is 43.9 Å². The Morgan fingerprint density at radius 1 is 1.24 bits per heavy atom. The first kappa shape index (κ1) is 18.7. The Kier molecular flexibility index (Phi) is 6.41. The summed E-state index contributed by atoms with van der Waals surface area (Å²) < 4.78 is 0. The zero-order valence-corrected chi connectivity index (χ0v) is 16.7. The molecule has 0 bridgehead atoms. The number of carbonyl (C=O) groups excluding carboxylic acids is 2. The van der Waals surface area contributed by atoms with E-state index in [0.29, 0.717) is 18.1 Å². The third kappa shape index (κ3) is 4.77. The van der Waals surface area contributed by atoms with Crippen molar-refractivity contribution in [3.05, 3.63) is 22.4 Å². The molecule has 0 aliphatic carbocycles. The van der Waals surface area contributed by atoms with Crippen molar-refractivity contribution in [3.8, 4) is 0 Å². The van der Waals surface area contributed by atoms with Crippen LogP contribution in [-0.4, -0.2) is 71.5 Å². The Hall–Kier alpha value is -1.05. The minimum Gasteiger partial charge on any atom is -0.340 e. The highest BCUT2D eigenvalue weighted by Gasteiger charge is 2.33. The highest BCUT2D eigenvalue weighted by atomic mass is 32.2. The van der Waals surface area contributed by atoms with Gasteiger partial charge in [-0.05, 0) is 28.3 Å². The molecular weight excluding hydrogens is 354 g/mol. The zero-order chi connectivity index (χ0) is 17.8. The van der Waals surface area contributed by atoms with E-state index < -0.39 is 0 Å². The molecule has 2 aliphatic rings. The molecule has 1 aromatic rings. The number of piperazine rings is 1. The first-order valence-corrected chi connectivity index (χ1v) is 11.0. The molecule has 0 radical (unpaired) electrons. The van der Waals surface area contributed by atoms with Crippen molar-refractivity contribution in [1.82, 2.24) is 14.7 Å². The third-order valence-electron chi connectivity index (χ3n) is 4.76. The van der Waals surface area contributed by atoms with Crippen LogP contribution in [0.4, 0.5) is 0 Å². The standard InChI is InChI=1S/C18H27N3O2S2/c1-14(2)11-16(22)20-7-4-19(5-8-20)6-9-21-17(23)13-25-18(21)15-3-10-24-12-15/h3,10,12,14,18H,4-9,11,13H2,1-2H3. The van der Waals surface area contributed by atoms with E-state index >= 15 is 0 Å². The van der Waals surface area contributed by atoms with E-state index in [0.717, 1.165) is 39.3 Å². The largest absolute Gasteiger partial charge is 0.340 e. The van der Waals surface area contributed by atoms with Crippen LogP contribution in [0.1, 0.15) is 31.2 Å². The molecule has 3 rings (SSSR count). The van der Waals surface area contributed by atoms with Gasteiger partial charge in [0.25, 0.3) is 0 Å². The Bertz CT molecular complexity index is 583. The van der Waals surface area contributed by atoms with E-state index in [1.54, 1.807) is 23.1 Å². The normalized spacial score (nSPS) is 22.2. The van der Waals surface area contributed by atoms with Crippen LogP contribution in [-0.2, 0) is 9.59 Å². The molecular formula is C18H27N3O2S2. The molecule has 2 saturated heterocycles. The summed E-state index contributed by atoms with van der Waals surface area (Å²) in [4.78, 5) is 30.8. The summed E-state index contributed by atoms with van der Waals surface area (Å²) in [7, 11) is 0. The SMILES string of the molecule is CC(C)CC(=O)N1CCN(CCN2C(=O)CSC2c2ccsc2)CC1. The van der Waals surface area contributed by atoms with E-state index in [9.17, 15) is 9.59 Å². The molecule has 0 aromatic carbocycles. The van der Waals surface area contributed by atoms with Gasteiger partial charge in [0.1, 0.15) is 5.37 Å². The van der Waals surface area contributed by atoms with Gasteiger partial charge in [-0.3, -0.25) is 14.5 Å². The van der Waals surface area contributed by atoms with Gasteiger partial charge in [-0.25, -0.2) is 0 Å². The molecule has 1 aromatic heterocycles. The van der Waals surface area contributed by atoms with Gasteiger partial charge in [0.05, 0.1) is 5.75 Å². The minimum absolute atomic E-state index is 0.174. The van der Waals surface area contributed by atoms with Crippen molar-refractivity contribution in [3.63, 3.8) is 0 Å². The summed E-state index contributed by atoms with van der Waals surface area (Å²) in [5.41, 5.74) is 1.24. The Labute approximate surface area is 158 Å². The summed E-state index contributed by atoms with van der Waals surface area (Å²) in [6.07, 6.45) is 0.641. The van der Waals surface area contributed by atoms with Crippen molar-refractivity contribution >= 4 is 34.9 Å². The quantitative estimate of drug-likeness (QED) is 0.759. The van der Waals surface area contributed by atoms with Crippen molar-refractivity contribution in [2.45, 2.75) is 25.6 Å². The lowest BCUT2D eigenvalue weighted by Crippen LogP contribution is -2.50. The van der Waals surface area contributed by atoms with Gasteiger partial charge >= 0.3 is 0 Å². The number of hydrogen-bond donors (Lipinski definition) is 0. The third-order valence-corrected chi connectivity index (χ3v) is 6.72. The number of carbonyl (C=O) groups is 2. The second-order valence-electron chi connectivity index (χ2n) is 7.13. The first-order chi connectivity index (χ1) is 12.0. The van der Waals surface area contributed by atoms with Crippen LogP contribution in [0.3, 0.4) is 0 Å². The van der Waals surface area contributed by atoms with Gasteiger partial charge in [-0.2, -0.15) is 11.3 Å².